The molecule has 1 atom stereocenters. The van der Waals surface area contributed by atoms with Gasteiger partial charge in [-0.1, -0.05) is 20.8 Å². The molecule has 1 fully saturated rings. The fraction of sp³-hybridized carbons (Fsp3) is 0.941. The van der Waals surface area contributed by atoms with Crippen LogP contribution in [0.15, 0.2) is 0 Å². The Balaban J connectivity index is 2.37. The fourth-order valence-electron chi connectivity index (χ4n) is 3.01. The molecule has 1 aliphatic carbocycles. The third kappa shape index (κ3) is 6.43. The lowest BCUT2D eigenvalue weighted by Crippen LogP contribution is -2.45. The molecule has 136 valence electrons. The molecule has 1 aliphatic rings. The zero-order valence-electron chi connectivity index (χ0n) is 15.8. The smallest absolute Gasteiger partial charge is 0.407 e. The molecule has 0 heterocycles. The van der Waals surface area contributed by atoms with Gasteiger partial charge in [0.2, 0.25) is 0 Å². The van der Waals surface area contributed by atoms with Crippen molar-refractivity contribution in [1.82, 2.24) is 4.90 Å². The summed E-state index contributed by atoms with van der Waals surface area (Å²) in [5.74, 6) is 0.603. The van der Waals surface area contributed by atoms with Crippen molar-refractivity contribution >= 4 is 14.4 Å². The van der Waals surface area contributed by atoms with Crippen molar-refractivity contribution in [2.24, 2.45) is 11.7 Å². The lowest BCUT2D eigenvalue weighted by atomic mass is 9.83. The van der Waals surface area contributed by atoms with Crippen LogP contribution in [0.2, 0.25) is 18.1 Å². The van der Waals surface area contributed by atoms with Gasteiger partial charge in [-0.2, -0.15) is 0 Å². The maximum absolute atomic E-state index is 10.8. The molecular weight excluding hydrogens is 308 g/mol. The minimum Gasteiger partial charge on any atom is -0.465 e. The lowest BCUT2D eigenvalue weighted by molar-refractivity contribution is 0.110. The number of likely N-dealkylation sites (N-methyl/N-ethyl adjacent to an activating group) is 1. The van der Waals surface area contributed by atoms with E-state index in [-0.39, 0.29) is 11.1 Å². The van der Waals surface area contributed by atoms with Crippen LogP contribution in [-0.2, 0) is 4.43 Å². The number of amides is 1. The van der Waals surface area contributed by atoms with Crippen molar-refractivity contribution in [3.63, 3.8) is 0 Å². The molecule has 0 aromatic carbocycles. The van der Waals surface area contributed by atoms with E-state index >= 15 is 0 Å². The molecule has 3 N–H and O–H groups in total. The van der Waals surface area contributed by atoms with Crippen LogP contribution in [-0.4, -0.2) is 50.2 Å². The minimum atomic E-state index is -1.68. The first-order chi connectivity index (χ1) is 10.4. The molecule has 0 aliphatic heterocycles. The summed E-state index contributed by atoms with van der Waals surface area (Å²) >= 11 is 0. The van der Waals surface area contributed by atoms with Gasteiger partial charge < -0.3 is 20.2 Å². The Morgan fingerprint density at radius 1 is 1.30 bits per heavy atom. The number of nitrogens with two attached hydrogens (primary N) is 1. The average Bonchev–Trinajstić information content (AvgIpc) is 2.39. The molecule has 0 bridgehead atoms. The van der Waals surface area contributed by atoms with E-state index in [1.807, 2.05) is 0 Å². The summed E-state index contributed by atoms with van der Waals surface area (Å²) in [5, 5.41) is 9.16. The second-order valence-corrected chi connectivity index (χ2v) is 13.4. The van der Waals surface area contributed by atoms with E-state index in [1.54, 1.807) is 7.05 Å². The second-order valence-electron chi connectivity index (χ2n) is 8.68. The van der Waals surface area contributed by atoms with Crippen LogP contribution >= 0.6 is 0 Å². The third-order valence-electron chi connectivity index (χ3n) is 5.53. The summed E-state index contributed by atoms with van der Waals surface area (Å²) in [6, 6.07) is -0.0704. The van der Waals surface area contributed by atoms with E-state index < -0.39 is 14.4 Å². The van der Waals surface area contributed by atoms with Gasteiger partial charge in [0.15, 0.2) is 8.32 Å². The van der Waals surface area contributed by atoms with Gasteiger partial charge in [0, 0.05) is 25.7 Å². The molecule has 5 nitrogen and oxygen atoms in total. The molecule has 6 heteroatoms. The normalized spacial score (nSPS) is 24.3. The van der Waals surface area contributed by atoms with Gasteiger partial charge in [-0.3, -0.25) is 0 Å². The standard InChI is InChI=1S/C17H36N2O3Si/c1-17(2,3)23(5,6)22-15-9-7-13(8-10-15)11-14(18)12-19(4)16(20)21/h13-15H,7-12,18H2,1-6H3,(H,20,21). The maximum atomic E-state index is 10.8. The molecule has 0 aromatic rings. The average molecular weight is 345 g/mol. The Bertz CT molecular complexity index is 388. The number of carboxylic acid groups (broad SMARTS) is 1. The molecule has 1 unspecified atom stereocenters. The summed E-state index contributed by atoms with van der Waals surface area (Å²) in [5.41, 5.74) is 6.11. The number of hydrogen-bond acceptors (Lipinski definition) is 3. The van der Waals surface area contributed by atoms with Gasteiger partial charge in [-0.15, -0.1) is 0 Å². The van der Waals surface area contributed by atoms with Crippen LogP contribution in [0.3, 0.4) is 0 Å². The van der Waals surface area contributed by atoms with E-state index in [0.29, 0.717) is 18.6 Å². The van der Waals surface area contributed by atoms with Gasteiger partial charge in [-0.25, -0.2) is 4.79 Å². The van der Waals surface area contributed by atoms with Crippen LogP contribution in [0.4, 0.5) is 4.79 Å². The predicted octanol–water partition coefficient (Wildman–Crippen LogP) is 3.89. The monoisotopic (exact) mass is 344 g/mol. The van der Waals surface area contributed by atoms with Gasteiger partial charge in [0.05, 0.1) is 0 Å². The Hall–Kier alpha value is -0.593. The molecule has 0 aromatic heterocycles. The Morgan fingerprint density at radius 2 is 1.83 bits per heavy atom. The molecule has 1 amide bonds. The fourth-order valence-corrected chi connectivity index (χ4v) is 4.43. The maximum Gasteiger partial charge on any atom is 0.407 e. The zero-order chi connectivity index (χ0) is 17.8. The highest BCUT2D eigenvalue weighted by Gasteiger charge is 2.39. The predicted molar refractivity (Wildman–Crippen MR) is 97.3 cm³/mol. The largest absolute Gasteiger partial charge is 0.465 e. The van der Waals surface area contributed by atoms with Crippen molar-refractivity contribution in [3.05, 3.63) is 0 Å². The minimum absolute atomic E-state index is 0.0704. The SMILES string of the molecule is CN(CC(N)CC1CCC(O[Si](C)(C)C(C)(C)C)CC1)C(=O)O. The highest BCUT2D eigenvalue weighted by atomic mass is 28.4. The number of rotatable bonds is 6. The van der Waals surface area contributed by atoms with Crippen molar-refractivity contribution < 1.29 is 14.3 Å². The Labute approximate surface area is 142 Å². The highest BCUT2D eigenvalue weighted by molar-refractivity contribution is 6.74. The quantitative estimate of drug-likeness (QED) is 0.717. The number of nitrogens with zero attached hydrogens (tertiary/aromatic N) is 1. The molecule has 0 spiro atoms. The Morgan fingerprint density at radius 3 is 2.26 bits per heavy atom. The first kappa shape index (κ1) is 20.5. The van der Waals surface area contributed by atoms with Gasteiger partial charge in [0.1, 0.15) is 0 Å². The van der Waals surface area contributed by atoms with Crippen LogP contribution in [0.5, 0.6) is 0 Å². The summed E-state index contributed by atoms with van der Waals surface area (Å²) < 4.78 is 6.51. The number of carbonyl (C=O) groups is 1. The van der Waals surface area contributed by atoms with Gasteiger partial charge in [0.25, 0.3) is 0 Å². The lowest BCUT2D eigenvalue weighted by Gasteiger charge is -2.41. The van der Waals surface area contributed by atoms with Crippen LogP contribution in [0, 0.1) is 5.92 Å². The summed E-state index contributed by atoms with van der Waals surface area (Å²) in [4.78, 5) is 12.1. The third-order valence-corrected chi connectivity index (χ3v) is 10.1. The van der Waals surface area contributed by atoms with E-state index in [4.69, 9.17) is 15.3 Å². The molecule has 1 rings (SSSR count). The summed E-state index contributed by atoms with van der Waals surface area (Å²) in [6.07, 6.45) is 4.90. The first-order valence-electron chi connectivity index (χ1n) is 8.80. The molecular formula is C17H36N2O3Si. The topological polar surface area (TPSA) is 75.8 Å². The van der Waals surface area contributed by atoms with Crippen LogP contribution < -0.4 is 5.73 Å². The van der Waals surface area contributed by atoms with Crippen molar-refractivity contribution in [3.8, 4) is 0 Å². The summed E-state index contributed by atoms with van der Waals surface area (Å²) in [7, 11) is -0.102. The number of hydrogen-bond donors (Lipinski definition) is 2. The van der Waals surface area contributed by atoms with Crippen molar-refractivity contribution in [2.75, 3.05) is 13.6 Å². The first-order valence-corrected chi connectivity index (χ1v) is 11.7. The van der Waals surface area contributed by atoms with Crippen LogP contribution in [0.1, 0.15) is 52.9 Å². The highest BCUT2D eigenvalue weighted by Crippen LogP contribution is 2.40. The van der Waals surface area contributed by atoms with Gasteiger partial charge >= 0.3 is 6.09 Å². The van der Waals surface area contributed by atoms with Crippen LogP contribution in [0.25, 0.3) is 0 Å². The van der Waals surface area contributed by atoms with Gasteiger partial charge in [-0.05, 0) is 56.2 Å². The summed E-state index contributed by atoms with van der Waals surface area (Å²) in [6.45, 7) is 11.9. The molecule has 23 heavy (non-hydrogen) atoms. The van der Waals surface area contributed by atoms with E-state index in [9.17, 15) is 4.79 Å². The Kier molecular flexibility index (Phi) is 7.10. The molecule has 1 saturated carbocycles. The van der Waals surface area contributed by atoms with Crippen molar-refractivity contribution in [2.45, 2.75) is 83.2 Å². The van der Waals surface area contributed by atoms with E-state index in [1.165, 1.54) is 4.90 Å². The molecule has 0 radical (unpaired) electrons. The molecule has 0 saturated heterocycles. The van der Waals surface area contributed by atoms with E-state index in [0.717, 1.165) is 32.1 Å². The van der Waals surface area contributed by atoms with E-state index in [2.05, 4.69) is 33.9 Å². The van der Waals surface area contributed by atoms with Crippen molar-refractivity contribution in [1.29, 1.82) is 0 Å². The second kappa shape index (κ2) is 7.99. The zero-order valence-corrected chi connectivity index (χ0v) is 16.8.